The Morgan fingerprint density at radius 2 is 2.10 bits per heavy atom. The second kappa shape index (κ2) is 4.30. The van der Waals surface area contributed by atoms with Crippen LogP contribution in [0.5, 0.6) is 0 Å². The van der Waals surface area contributed by atoms with Crippen molar-refractivity contribution in [1.82, 2.24) is 4.90 Å². The highest BCUT2D eigenvalue weighted by Crippen LogP contribution is 1.93. The zero-order chi connectivity index (χ0) is 8.15. The van der Waals surface area contributed by atoms with Gasteiger partial charge in [0.05, 0.1) is 12.6 Å². The second-order valence-electron chi connectivity index (χ2n) is 2.64. The van der Waals surface area contributed by atoms with E-state index in [0.29, 0.717) is 6.54 Å². The van der Waals surface area contributed by atoms with E-state index in [2.05, 4.69) is 0 Å². The SMILES string of the molecule is CC(O)C=C(O)CN(C)C. The van der Waals surface area contributed by atoms with Gasteiger partial charge in [0, 0.05) is 0 Å². The molecule has 0 amide bonds. The highest BCUT2D eigenvalue weighted by Gasteiger charge is 1.96. The van der Waals surface area contributed by atoms with Gasteiger partial charge in [-0.05, 0) is 27.1 Å². The number of aliphatic hydroxyl groups excluding tert-OH is 2. The number of rotatable bonds is 3. The lowest BCUT2D eigenvalue weighted by Gasteiger charge is -2.08. The Balaban J connectivity index is 3.71. The summed E-state index contributed by atoms with van der Waals surface area (Å²) in [5.41, 5.74) is 0. The van der Waals surface area contributed by atoms with E-state index in [1.165, 1.54) is 6.08 Å². The molecule has 0 fully saturated rings. The van der Waals surface area contributed by atoms with Gasteiger partial charge in [0.2, 0.25) is 0 Å². The first-order valence-electron chi connectivity index (χ1n) is 3.25. The van der Waals surface area contributed by atoms with E-state index in [1.54, 1.807) is 6.92 Å². The Hall–Kier alpha value is -0.540. The molecule has 0 radical (unpaired) electrons. The van der Waals surface area contributed by atoms with E-state index in [-0.39, 0.29) is 5.76 Å². The van der Waals surface area contributed by atoms with Gasteiger partial charge in [0.1, 0.15) is 5.76 Å². The van der Waals surface area contributed by atoms with Gasteiger partial charge >= 0.3 is 0 Å². The van der Waals surface area contributed by atoms with Gasteiger partial charge in [-0.15, -0.1) is 0 Å². The molecule has 3 nitrogen and oxygen atoms in total. The summed E-state index contributed by atoms with van der Waals surface area (Å²) in [6, 6.07) is 0. The maximum absolute atomic E-state index is 9.05. The Kier molecular flexibility index (Phi) is 4.07. The lowest BCUT2D eigenvalue weighted by atomic mass is 10.3. The highest BCUT2D eigenvalue weighted by molar-refractivity contribution is 4.96. The fourth-order valence-electron chi connectivity index (χ4n) is 0.655. The summed E-state index contributed by atoms with van der Waals surface area (Å²) in [6.45, 7) is 2.08. The Bertz CT molecular complexity index is 119. The van der Waals surface area contributed by atoms with Crippen molar-refractivity contribution in [3.8, 4) is 0 Å². The summed E-state index contributed by atoms with van der Waals surface area (Å²) in [5.74, 6) is 0.208. The van der Waals surface area contributed by atoms with Gasteiger partial charge < -0.3 is 15.1 Å². The summed E-state index contributed by atoms with van der Waals surface area (Å²) in [5, 5.41) is 17.8. The minimum absolute atomic E-state index is 0.208. The van der Waals surface area contributed by atoms with Gasteiger partial charge in [-0.3, -0.25) is 0 Å². The molecule has 0 aromatic carbocycles. The summed E-state index contributed by atoms with van der Waals surface area (Å²) >= 11 is 0. The van der Waals surface area contributed by atoms with Crippen LogP contribution >= 0.6 is 0 Å². The Morgan fingerprint density at radius 3 is 2.40 bits per heavy atom. The van der Waals surface area contributed by atoms with Crippen molar-refractivity contribution in [3.63, 3.8) is 0 Å². The average Bonchev–Trinajstić information content (AvgIpc) is 1.58. The first-order chi connectivity index (χ1) is 4.52. The Morgan fingerprint density at radius 1 is 1.60 bits per heavy atom. The van der Waals surface area contributed by atoms with Crippen molar-refractivity contribution < 1.29 is 10.2 Å². The standard InChI is InChI=1S/C7H15NO2/c1-6(9)4-7(10)5-8(2)3/h4,6,9-10H,5H2,1-3H3. The van der Waals surface area contributed by atoms with Crippen LogP contribution in [0.3, 0.4) is 0 Å². The van der Waals surface area contributed by atoms with Crippen molar-refractivity contribution in [2.75, 3.05) is 20.6 Å². The second-order valence-corrected chi connectivity index (χ2v) is 2.64. The lowest BCUT2D eigenvalue weighted by molar-refractivity contribution is 0.232. The quantitative estimate of drug-likeness (QED) is 0.564. The van der Waals surface area contributed by atoms with Crippen LogP contribution < -0.4 is 0 Å². The van der Waals surface area contributed by atoms with Crippen LogP contribution in [-0.4, -0.2) is 41.9 Å². The van der Waals surface area contributed by atoms with Crippen molar-refractivity contribution in [2.45, 2.75) is 13.0 Å². The van der Waals surface area contributed by atoms with E-state index in [9.17, 15) is 0 Å². The minimum atomic E-state index is -0.569. The molecule has 2 N–H and O–H groups in total. The van der Waals surface area contributed by atoms with Crippen LogP contribution in [0.4, 0.5) is 0 Å². The number of hydrogen-bond acceptors (Lipinski definition) is 3. The number of nitrogens with zero attached hydrogens (tertiary/aromatic N) is 1. The average molecular weight is 145 g/mol. The van der Waals surface area contributed by atoms with E-state index in [0.717, 1.165) is 0 Å². The zero-order valence-electron chi connectivity index (χ0n) is 6.70. The minimum Gasteiger partial charge on any atom is -0.511 e. The fraction of sp³-hybridized carbons (Fsp3) is 0.714. The molecular weight excluding hydrogens is 130 g/mol. The van der Waals surface area contributed by atoms with Crippen molar-refractivity contribution in [3.05, 3.63) is 11.8 Å². The molecule has 0 saturated heterocycles. The van der Waals surface area contributed by atoms with Gasteiger partial charge in [-0.1, -0.05) is 0 Å². The lowest BCUT2D eigenvalue weighted by Crippen LogP contribution is -2.15. The van der Waals surface area contributed by atoms with Crippen LogP contribution in [0.2, 0.25) is 0 Å². The van der Waals surface area contributed by atoms with Crippen LogP contribution in [0, 0.1) is 0 Å². The molecule has 3 heteroatoms. The Labute approximate surface area is 61.6 Å². The molecule has 60 valence electrons. The molecule has 0 spiro atoms. The van der Waals surface area contributed by atoms with E-state index >= 15 is 0 Å². The fourth-order valence-corrected chi connectivity index (χ4v) is 0.655. The summed E-state index contributed by atoms with van der Waals surface area (Å²) in [7, 11) is 3.71. The molecule has 0 rings (SSSR count). The maximum atomic E-state index is 9.05. The molecule has 1 unspecified atom stereocenters. The molecule has 0 heterocycles. The summed E-state index contributed by atoms with van der Waals surface area (Å²) < 4.78 is 0. The van der Waals surface area contributed by atoms with Gasteiger partial charge in [-0.25, -0.2) is 0 Å². The summed E-state index contributed by atoms with van der Waals surface area (Å²) in [6.07, 6.45) is 0.847. The van der Waals surface area contributed by atoms with E-state index in [4.69, 9.17) is 10.2 Å². The maximum Gasteiger partial charge on any atom is 0.105 e. The first-order valence-corrected chi connectivity index (χ1v) is 3.25. The molecule has 0 aliphatic heterocycles. The molecule has 0 aliphatic carbocycles. The number of aliphatic hydroxyl groups is 2. The predicted octanol–water partition coefficient (Wildman–Crippen LogP) is 0.371. The van der Waals surface area contributed by atoms with Crippen LogP contribution in [-0.2, 0) is 0 Å². The van der Waals surface area contributed by atoms with Crippen molar-refractivity contribution in [1.29, 1.82) is 0 Å². The van der Waals surface area contributed by atoms with Crippen LogP contribution in [0.25, 0.3) is 0 Å². The van der Waals surface area contributed by atoms with E-state index < -0.39 is 6.10 Å². The first kappa shape index (κ1) is 9.46. The molecule has 0 aromatic rings. The third-order valence-electron chi connectivity index (χ3n) is 0.912. The van der Waals surface area contributed by atoms with Crippen molar-refractivity contribution in [2.24, 2.45) is 0 Å². The summed E-state index contributed by atoms with van der Waals surface area (Å²) in [4.78, 5) is 1.83. The molecule has 0 bridgehead atoms. The van der Waals surface area contributed by atoms with Gasteiger partial charge in [0.25, 0.3) is 0 Å². The largest absolute Gasteiger partial charge is 0.511 e. The van der Waals surface area contributed by atoms with Gasteiger partial charge in [0.15, 0.2) is 0 Å². The molecular formula is C7H15NO2. The zero-order valence-corrected chi connectivity index (χ0v) is 6.70. The third-order valence-corrected chi connectivity index (χ3v) is 0.912. The predicted molar refractivity (Wildman–Crippen MR) is 40.9 cm³/mol. The topological polar surface area (TPSA) is 43.7 Å². The third kappa shape index (κ3) is 5.59. The number of hydrogen-bond donors (Lipinski definition) is 2. The smallest absolute Gasteiger partial charge is 0.105 e. The highest BCUT2D eigenvalue weighted by atomic mass is 16.3. The molecule has 0 saturated carbocycles. The number of likely N-dealkylation sites (N-methyl/N-ethyl adjacent to an activating group) is 1. The molecule has 0 aliphatic rings. The monoisotopic (exact) mass is 145 g/mol. The normalized spacial score (nSPS) is 15.9. The van der Waals surface area contributed by atoms with E-state index in [1.807, 2.05) is 19.0 Å². The molecule has 10 heavy (non-hydrogen) atoms. The van der Waals surface area contributed by atoms with Crippen LogP contribution in [0.15, 0.2) is 11.8 Å². The molecule has 0 aromatic heterocycles. The molecule has 1 atom stereocenters. The van der Waals surface area contributed by atoms with Crippen molar-refractivity contribution >= 4 is 0 Å². The van der Waals surface area contributed by atoms with Crippen LogP contribution in [0.1, 0.15) is 6.92 Å². The van der Waals surface area contributed by atoms with Gasteiger partial charge in [-0.2, -0.15) is 0 Å².